The van der Waals surface area contributed by atoms with Crippen molar-refractivity contribution in [2.75, 3.05) is 50.6 Å². The topological polar surface area (TPSA) is 92.8 Å². The number of hydrogen-bond donors (Lipinski definition) is 1. The first-order chi connectivity index (χ1) is 16.4. The number of likely N-dealkylation sites (tertiary alicyclic amines) is 1. The van der Waals surface area contributed by atoms with Crippen LogP contribution in [0.3, 0.4) is 0 Å². The molecule has 0 spiro atoms. The predicted molar refractivity (Wildman–Crippen MR) is 131 cm³/mol. The Kier molecular flexibility index (Phi) is 6.18. The van der Waals surface area contributed by atoms with Crippen molar-refractivity contribution < 1.29 is 13.2 Å². The average molecular weight is 483 g/mol. The molecule has 34 heavy (non-hydrogen) atoms. The Bertz CT molecular complexity index is 1210. The third-order valence-corrected chi connectivity index (χ3v) is 8.58. The third-order valence-electron chi connectivity index (χ3n) is 6.73. The lowest BCUT2D eigenvalue weighted by molar-refractivity contribution is 0.114. The molecule has 2 amide bonds. The van der Waals surface area contributed by atoms with Gasteiger partial charge in [-0.25, -0.2) is 22.5 Å². The van der Waals surface area contributed by atoms with Crippen molar-refractivity contribution in [1.29, 1.82) is 0 Å². The van der Waals surface area contributed by atoms with Crippen LogP contribution in [0.5, 0.6) is 0 Å². The van der Waals surface area contributed by atoms with Gasteiger partial charge in [0.2, 0.25) is 5.95 Å². The number of piperidine rings is 1. The molecule has 2 saturated heterocycles. The predicted octanol–water partition coefficient (Wildman–Crippen LogP) is 2.59. The van der Waals surface area contributed by atoms with Gasteiger partial charge < -0.3 is 19.7 Å². The summed E-state index contributed by atoms with van der Waals surface area (Å²) in [6.07, 6.45) is 1.09. The standard InChI is InChI=1S/C24H30N6O3S/c1-27-15-17-29(18-16-27)24(31)28-13-11-19(12-14-28)30(34(32,33)20-7-3-2-4-8-20)23-25-21-9-5-6-10-22(21)26-23/h2-10,19H,11-18H2,1H3,(H,25,26). The minimum absolute atomic E-state index is 0.0488. The Hall–Kier alpha value is -3.11. The fourth-order valence-corrected chi connectivity index (χ4v) is 6.37. The summed E-state index contributed by atoms with van der Waals surface area (Å²) in [5.41, 5.74) is 1.50. The van der Waals surface area contributed by atoms with Crippen LogP contribution in [0.15, 0.2) is 59.5 Å². The van der Waals surface area contributed by atoms with Gasteiger partial charge in [-0.3, -0.25) is 0 Å². The number of benzene rings is 2. The van der Waals surface area contributed by atoms with Crippen molar-refractivity contribution in [1.82, 2.24) is 24.7 Å². The SMILES string of the molecule is CN1CCN(C(=O)N2CCC(N(c3nc4ccccc4[nH]3)S(=O)(=O)c3ccccc3)CC2)CC1. The van der Waals surface area contributed by atoms with Crippen molar-refractivity contribution in [3.63, 3.8) is 0 Å². The zero-order valence-corrected chi connectivity index (χ0v) is 20.1. The molecule has 2 fully saturated rings. The van der Waals surface area contributed by atoms with Crippen LogP contribution in [0.4, 0.5) is 10.7 Å². The number of sulfonamides is 1. The van der Waals surface area contributed by atoms with E-state index in [9.17, 15) is 13.2 Å². The van der Waals surface area contributed by atoms with E-state index < -0.39 is 10.0 Å². The molecule has 0 radical (unpaired) electrons. The molecule has 0 atom stereocenters. The van der Waals surface area contributed by atoms with Gasteiger partial charge >= 0.3 is 6.03 Å². The summed E-state index contributed by atoms with van der Waals surface area (Å²) in [5, 5.41) is 0. The number of anilines is 1. The molecular formula is C24H30N6O3S. The van der Waals surface area contributed by atoms with Gasteiger partial charge in [0.25, 0.3) is 10.0 Å². The van der Waals surface area contributed by atoms with Gasteiger partial charge in [-0.2, -0.15) is 0 Å². The van der Waals surface area contributed by atoms with E-state index in [1.54, 1.807) is 30.3 Å². The maximum Gasteiger partial charge on any atom is 0.320 e. The summed E-state index contributed by atoms with van der Waals surface area (Å²) in [7, 11) is -1.78. The lowest BCUT2D eigenvalue weighted by Crippen LogP contribution is -2.55. The van der Waals surface area contributed by atoms with Gasteiger partial charge in [-0.15, -0.1) is 0 Å². The Morgan fingerprint density at radius 1 is 0.912 bits per heavy atom. The van der Waals surface area contributed by atoms with E-state index >= 15 is 0 Å². The molecule has 0 bridgehead atoms. The number of piperazine rings is 1. The van der Waals surface area contributed by atoms with E-state index in [0.29, 0.717) is 37.4 Å². The molecule has 1 N–H and O–H groups in total. The van der Waals surface area contributed by atoms with Crippen molar-refractivity contribution in [2.45, 2.75) is 23.8 Å². The maximum absolute atomic E-state index is 13.8. The van der Waals surface area contributed by atoms with Gasteiger partial charge in [0.05, 0.1) is 22.0 Å². The zero-order chi connectivity index (χ0) is 23.7. The number of imidazole rings is 1. The normalized spacial score (nSPS) is 18.4. The van der Waals surface area contributed by atoms with Crippen LogP contribution in [0, 0.1) is 0 Å². The quantitative estimate of drug-likeness (QED) is 0.617. The van der Waals surface area contributed by atoms with Gasteiger partial charge in [0.1, 0.15) is 0 Å². The molecular weight excluding hydrogens is 452 g/mol. The van der Waals surface area contributed by atoms with Crippen molar-refractivity contribution in [2.24, 2.45) is 0 Å². The number of H-pyrrole nitrogens is 1. The second-order valence-corrected chi connectivity index (χ2v) is 10.8. The highest BCUT2D eigenvalue weighted by atomic mass is 32.2. The van der Waals surface area contributed by atoms with Crippen LogP contribution in [0.2, 0.25) is 0 Å². The highest BCUT2D eigenvalue weighted by molar-refractivity contribution is 7.92. The maximum atomic E-state index is 13.8. The van der Waals surface area contributed by atoms with Crippen LogP contribution in [0.1, 0.15) is 12.8 Å². The Morgan fingerprint density at radius 2 is 1.53 bits per heavy atom. The summed E-state index contributed by atoms with van der Waals surface area (Å²) in [6, 6.07) is 15.7. The summed E-state index contributed by atoms with van der Waals surface area (Å²) in [5.74, 6) is 0.314. The minimum Gasteiger partial charge on any atom is -0.324 e. The number of carbonyl (C=O) groups excluding carboxylic acids is 1. The molecule has 2 aliphatic rings. The number of nitrogens with zero attached hydrogens (tertiary/aromatic N) is 5. The van der Waals surface area contributed by atoms with E-state index in [2.05, 4.69) is 21.9 Å². The lowest BCUT2D eigenvalue weighted by atomic mass is 10.1. The first-order valence-electron chi connectivity index (χ1n) is 11.7. The molecule has 2 aromatic carbocycles. The number of likely N-dealkylation sites (N-methyl/N-ethyl adjacent to an activating group) is 1. The molecule has 0 unspecified atom stereocenters. The number of nitrogens with one attached hydrogen (secondary N) is 1. The van der Waals surface area contributed by atoms with Crippen LogP contribution < -0.4 is 4.31 Å². The monoisotopic (exact) mass is 482 g/mol. The van der Waals surface area contributed by atoms with Gasteiger partial charge in [-0.05, 0) is 44.2 Å². The highest BCUT2D eigenvalue weighted by Gasteiger charge is 2.37. The molecule has 180 valence electrons. The molecule has 3 aromatic rings. The highest BCUT2D eigenvalue weighted by Crippen LogP contribution is 2.30. The summed E-state index contributed by atoms with van der Waals surface area (Å²) >= 11 is 0. The van der Waals surface area contributed by atoms with E-state index in [1.807, 2.05) is 34.1 Å². The van der Waals surface area contributed by atoms with Gasteiger partial charge in [0, 0.05) is 39.3 Å². The number of rotatable bonds is 4. The fourth-order valence-electron chi connectivity index (χ4n) is 4.72. The summed E-state index contributed by atoms with van der Waals surface area (Å²) < 4.78 is 29.0. The number of amides is 2. The second-order valence-electron chi connectivity index (χ2n) is 8.98. The summed E-state index contributed by atoms with van der Waals surface area (Å²) in [6.45, 7) is 4.22. The number of carbonyl (C=O) groups is 1. The van der Waals surface area contributed by atoms with E-state index in [0.717, 1.165) is 31.7 Å². The van der Waals surface area contributed by atoms with E-state index in [-0.39, 0.29) is 17.0 Å². The number of hydrogen-bond acceptors (Lipinski definition) is 5. The van der Waals surface area contributed by atoms with Gasteiger partial charge in [0.15, 0.2) is 0 Å². The Labute approximate surface area is 200 Å². The molecule has 2 aliphatic heterocycles. The van der Waals surface area contributed by atoms with E-state index in [4.69, 9.17) is 0 Å². The van der Waals surface area contributed by atoms with Gasteiger partial charge in [-0.1, -0.05) is 30.3 Å². The van der Waals surface area contributed by atoms with Crippen LogP contribution in [0.25, 0.3) is 11.0 Å². The number of urea groups is 1. The first-order valence-corrected chi connectivity index (χ1v) is 13.1. The van der Waals surface area contributed by atoms with Crippen LogP contribution >= 0.6 is 0 Å². The number of aromatic nitrogens is 2. The minimum atomic E-state index is -3.85. The van der Waals surface area contributed by atoms with Crippen molar-refractivity contribution in [3.05, 3.63) is 54.6 Å². The Balaban J connectivity index is 1.40. The molecule has 0 aliphatic carbocycles. The first kappa shape index (κ1) is 22.7. The average Bonchev–Trinajstić information content (AvgIpc) is 3.28. The lowest BCUT2D eigenvalue weighted by Gasteiger charge is -2.41. The zero-order valence-electron chi connectivity index (χ0n) is 19.3. The van der Waals surface area contributed by atoms with E-state index in [1.165, 1.54) is 4.31 Å². The number of aromatic amines is 1. The number of para-hydroxylation sites is 2. The van der Waals surface area contributed by atoms with Crippen LogP contribution in [-0.4, -0.2) is 91.5 Å². The fraction of sp³-hybridized carbons (Fsp3) is 0.417. The third kappa shape index (κ3) is 4.35. The molecule has 5 rings (SSSR count). The molecule has 9 nitrogen and oxygen atoms in total. The summed E-state index contributed by atoms with van der Waals surface area (Å²) in [4.78, 5) is 27.0. The van der Waals surface area contributed by atoms with Crippen molar-refractivity contribution >= 4 is 33.0 Å². The van der Waals surface area contributed by atoms with Crippen molar-refractivity contribution in [3.8, 4) is 0 Å². The second kappa shape index (κ2) is 9.27. The largest absolute Gasteiger partial charge is 0.324 e. The Morgan fingerprint density at radius 3 is 2.21 bits per heavy atom. The molecule has 10 heteroatoms. The molecule has 1 aromatic heterocycles. The number of fused-ring (bicyclic) bond motifs is 1. The van der Waals surface area contributed by atoms with Crippen LogP contribution in [-0.2, 0) is 10.0 Å². The molecule has 0 saturated carbocycles. The smallest absolute Gasteiger partial charge is 0.320 e. The molecule has 3 heterocycles.